The number of piperazine rings is 1. The van der Waals surface area contributed by atoms with Crippen LogP contribution in [0, 0.1) is 0 Å². The average molecular weight is 296 g/mol. The largest absolute Gasteiger partial charge is 0.298 e. The molecule has 0 spiro atoms. The van der Waals surface area contributed by atoms with E-state index in [9.17, 15) is 8.42 Å². The van der Waals surface area contributed by atoms with E-state index in [2.05, 4.69) is 4.90 Å². The summed E-state index contributed by atoms with van der Waals surface area (Å²) in [5.41, 5.74) is 0. The Bertz CT molecular complexity index is 376. The summed E-state index contributed by atoms with van der Waals surface area (Å²) in [5.74, 6) is 0.496. The summed E-state index contributed by atoms with van der Waals surface area (Å²) in [4.78, 5) is 2.41. The second kappa shape index (κ2) is 6.05. The van der Waals surface area contributed by atoms with Gasteiger partial charge in [-0.2, -0.15) is 17.0 Å². The van der Waals surface area contributed by atoms with E-state index < -0.39 is 10.2 Å². The van der Waals surface area contributed by atoms with E-state index >= 15 is 0 Å². The van der Waals surface area contributed by atoms with Crippen molar-refractivity contribution in [2.24, 2.45) is 0 Å². The first-order valence-electron chi connectivity index (χ1n) is 6.57. The number of halogens is 1. The van der Waals surface area contributed by atoms with Crippen molar-refractivity contribution in [2.45, 2.75) is 25.3 Å². The molecule has 2 aliphatic rings. The van der Waals surface area contributed by atoms with Crippen molar-refractivity contribution in [1.82, 2.24) is 13.5 Å². The maximum absolute atomic E-state index is 12.4. The van der Waals surface area contributed by atoms with Gasteiger partial charge < -0.3 is 0 Å². The molecule has 2 rings (SSSR count). The minimum Gasteiger partial charge on any atom is -0.298 e. The van der Waals surface area contributed by atoms with Crippen molar-refractivity contribution in [3.05, 3.63) is 0 Å². The smallest absolute Gasteiger partial charge is 0.281 e. The molecule has 7 heteroatoms. The number of fused-ring (bicyclic) bond motifs is 1. The van der Waals surface area contributed by atoms with Gasteiger partial charge in [-0.1, -0.05) is 0 Å². The highest BCUT2D eigenvalue weighted by atomic mass is 35.5. The lowest BCUT2D eigenvalue weighted by Gasteiger charge is -2.38. The van der Waals surface area contributed by atoms with Crippen LogP contribution in [0.2, 0.25) is 0 Å². The molecule has 2 saturated heterocycles. The SMILES string of the molecule is CN(CCCCl)S(=O)(=O)N1CCN2CCCC2C1. The summed E-state index contributed by atoms with van der Waals surface area (Å²) in [5, 5.41) is 0. The number of hydrogen-bond acceptors (Lipinski definition) is 3. The monoisotopic (exact) mass is 295 g/mol. The Labute approximate surface area is 115 Å². The quantitative estimate of drug-likeness (QED) is 0.697. The van der Waals surface area contributed by atoms with Crippen molar-refractivity contribution in [1.29, 1.82) is 0 Å². The molecule has 0 N–H and O–H groups in total. The van der Waals surface area contributed by atoms with E-state index in [1.807, 2.05) is 0 Å². The Kier molecular flexibility index (Phi) is 4.88. The van der Waals surface area contributed by atoms with E-state index in [1.54, 1.807) is 11.4 Å². The van der Waals surface area contributed by atoms with Gasteiger partial charge in [0, 0.05) is 45.1 Å². The zero-order valence-electron chi connectivity index (χ0n) is 10.9. The molecule has 2 fully saturated rings. The Hall–Kier alpha value is 0.120. The summed E-state index contributed by atoms with van der Waals surface area (Å²) >= 11 is 5.61. The Morgan fingerprint density at radius 1 is 1.33 bits per heavy atom. The van der Waals surface area contributed by atoms with Crippen LogP contribution in [0.3, 0.4) is 0 Å². The summed E-state index contributed by atoms with van der Waals surface area (Å²) < 4.78 is 27.8. The highest BCUT2D eigenvalue weighted by molar-refractivity contribution is 7.86. The molecule has 18 heavy (non-hydrogen) atoms. The normalized spacial score (nSPS) is 26.7. The standard InChI is InChI=1S/C11H22ClN3O2S/c1-13(6-3-5-12)18(16,17)15-9-8-14-7-2-4-11(14)10-15/h11H,2-10H2,1H3. The van der Waals surface area contributed by atoms with Crippen LogP contribution in [-0.2, 0) is 10.2 Å². The second-order valence-electron chi connectivity index (χ2n) is 5.06. The first-order chi connectivity index (χ1) is 8.55. The third kappa shape index (κ3) is 2.99. The van der Waals surface area contributed by atoms with Gasteiger partial charge in [0.15, 0.2) is 0 Å². The van der Waals surface area contributed by atoms with Gasteiger partial charge in [-0.05, 0) is 25.8 Å². The maximum atomic E-state index is 12.4. The molecule has 2 aliphatic heterocycles. The van der Waals surface area contributed by atoms with E-state index in [4.69, 9.17) is 11.6 Å². The number of nitrogens with zero attached hydrogens (tertiary/aromatic N) is 3. The van der Waals surface area contributed by atoms with Gasteiger partial charge in [0.25, 0.3) is 10.2 Å². The Balaban J connectivity index is 1.97. The summed E-state index contributed by atoms with van der Waals surface area (Å²) in [7, 11) is -1.65. The van der Waals surface area contributed by atoms with Crippen molar-refractivity contribution < 1.29 is 8.42 Å². The molecular weight excluding hydrogens is 274 g/mol. The van der Waals surface area contributed by atoms with E-state index in [-0.39, 0.29) is 0 Å². The molecule has 106 valence electrons. The van der Waals surface area contributed by atoms with Crippen LogP contribution in [0.1, 0.15) is 19.3 Å². The highest BCUT2D eigenvalue weighted by Crippen LogP contribution is 2.23. The molecule has 0 bridgehead atoms. The van der Waals surface area contributed by atoms with Gasteiger partial charge in [0.1, 0.15) is 0 Å². The lowest BCUT2D eigenvalue weighted by atomic mass is 10.2. The maximum Gasteiger partial charge on any atom is 0.281 e. The molecule has 5 nitrogen and oxygen atoms in total. The molecule has 0 saturated carbocycles. The topological polar surface area (TPSA) is 43.9 Å². The van der Waals surface area contributed by atoms with Gasteiger partial charge in [-0.25, -0.2) is 0 Å². The Morgan fingerprint density at radius 2 is 2.11 bits per heavy atom. The average Bonchev–Trinajstić information content (AvgIpc) is 2.82. The van der Waals surface area contributed by atoms with Gasteiger partial charge in [-0.15, -0.1) is 11.6 Å². The lowest BCUT2D eigenvalue weighted by molar-refractivity contribution is 0.153. The van der Waals surface area contributed by atoms with Gasteiger partial charge in [0.05, 0.1) is 0 Å². The molecule has 0 aliphatic carbocycles. The fraction of sp³-hybridized carbons (Fsp3) is 1.00. The summed E-state index contributed by atoms with van der Waals surface area (Å²) in [6.45, 7) is 3.75. The van der Waals surface area contributed by atoms with Crippen LogP contribution in [0.4, 0.5) is 0 Å². The van der Waals surface area contributed by atoms with Crippen LogP contribution >= 0.6 is 11.6 Å². The van der Waals surface area contributed by atoms with Crippen LogP contribution in [0.25, 0.3) is 0 Å². The van der Waals surface area contributed by atoms with E-state index in [0.29, 0.717) is 38.0 Å². The molecule has 0 aromatic heterocycles. The van der Waals surface area contributed by atoms with Gasteiger partial charge >= 0.3 is 0 Å². The van der Waals surface area contributed by atoms with E-state index in [1.165, 1.54) is 10.7 Å². The Morgan fingerprint density at radius 3 is 2.83 bits per heavy atom. The molecule has 0 aromatic carbocycles. The number of alkyl halides is 1. The third-order valence-electron chi connectivity index (χ3n) is 3.88. The summed E-state index contributed by atoms with van der Waals surface area (Å²) in [6, 6.07) is 0.426. The first kappa shape index (κ1) is 14.5. The molecule has 1 atom stereocenters. The predicted molar refractivity (Wildman–Crippen MR) is 73.1 cm³/mol. The van der Waals surface area contributed by atoms with Crippen molar-refractivity contribution in [3.63, 3.8) is 0 Å². The van der Waals surface area contributed by atoms with Crippen molar-refractivity contribution >= 4 is 21.8 Å². The van der Waals surface area contributed by atoms with Crippen LogP contribution in [0.15, 0.2) is 0 Å². The predicted octanol–water partition coefficient (Wildman–Crippen LogP) is 0.572. The third-order valence-corrected chi connectivity index (χ3v) is 6.10. The van der Waals surface area contributed by atoms with Crippen LogP contribution in [-0.4, -0.2) is 73.6 Å². The lowest BCUT2D eigenvalue weighted by Crippen LogP contribution is -2.55. The number of hydrogen-bond donors (Lipinski definition) is 0. The zero-order chi connectivity index (χ0) is 13.2. The second-order valence-corrected chi connectivity index (χ2v) is 7.48. The summed E-state index contributed by atoms with van der Waals surface area (Å²) in [6.07, 6.45) is 3.01. The van der Waals surface area contributed by atoms with Gasteiger partial charge in [0.2, 0.25) is 0 Å². The fourth-order valence-corrected chi connectivity index (χ4v) is 4.31. The molecule has 0 amide bonds. The highest BCUT2D eigenvalue weighted by Gasteiger charge is 2.36. The number of rotatable bonds is 5. The van der Waals surface area contributed by atoms with Crippen molar-refractivity contribution in [2.75, 3.05) is 45.7 Å². The minimum atomic E-state index is -3.29. The molecule has 0 radical (unpaired) electrons. The minimum absolute atomic E-state index is 0.426. The molecule has 0 aromatic rings. The van der Waals surface area contributed by atoms with Crippen molar-refractivity contribution in [3.8, 4) is 0 Å². The zero-order valence-corrected chi connectivity index (χ0v) is 12.5. The first-order valence-corrected chi connectivity index (χ1v) is 8.50. The van der Waals surface area contributed by atoms with E-state index in [0.717, 1.165) is 19.5 Å². The fourth-order valence-electron chi connectivity index (χ4n) is 2.77. The van der Waals surface area contributed by atoms with Gasteiger partial charge in [-0.3, -0.25) is 4.90 Å². The van der Waals surface area contributed by atoms with Crippen LogP contribution < -0.4 is 0 Å². The molecule has 2 heterocycles. The van der Waals surface area contributed by atoms with Crippen LogP contribution in [0.5, 0.6) is 0 Å². The molecule has 1 unspecified atom stereocenters. The molecular formula is C11H22ClN3O2S.